The van der Waals surface area contributed by atoms with Crippen molar-refractivity contribution in [1.29, 1.82) is 0 Å². The van der Waals surface area contributed by atoms with Crippen LogP contribution in [-0.2, 0) is 21.2 Å². The van der Waals surface area contributed by atoms with Crippen LogP contribution in [0.25, 0.3) is 0 Å². The molecule has 1 aliphatic carbocycles. The molecule has 1 heterocycles. The Bertz CT molecular complexity index is 639. The molecule has 0 bridgehead atoms. The summed E-state index contributed by atoms with van der Waals surface area (Å²) in [6.07, 6.45) is 4.89. The fourth-order valence-electron chi connectivity index (χ4n) is 4.99. The largest absolute Gasteiger partial charge is 0.481 e. The highest BCUT2D eigenvalue weighted by Crippen LogP contribution is 2.47. The Kier molecular flexibility index (Phi) is 6.56. The maximum absolute atomic E-state index is 11.9. The van der Waals surface area contributed by atoms with Crippen LogP contribution in [0.1, 0.15) is 63.0 Å². The van der Waals surface area contributed by atoms with E-state index in [1.54, 1.807) is 0 Å². The summed E-state index contributed by atoms with van der Waals surface area (Å²) in [4.78, 5) is 24.2. The first-order chi connectivity index (χ1) is 13.0. The van der Waals surface area contributed by atoms with E-state index in [0.717, 1.165) is 50.8 Å². The van der Waals surface area contributed by atoms with Crippen molar-refractivity contribution in [2.45, 2.75) is 64.5 Å². The Morgan fingerprint density at radius 1 is 1.30 bits per heavy atom. The van der Waals surface area contributed by atoms with Gasteiger partial charge in [-0.15, -0.1) is 0 Å². The number of rotatable bonds is 7. The zero-order chi connectivity index (χ0) is 19.4. The van der Waals surface area contributed by atoms with E-state index in [-0.39, 0.29) is 5.92 Å². The lowest BCUT2D eigenvalue weighted by molar-refractivity contribution is -0.282. The first-order valence-corrected chi connectivity index (χ1v) is 10.2. The van der Waals surface area contributed by atoms with Crippen molar-refractivity contribution in [2.75, 3.05) is 20.2 Å². The van der Waals surface area contributed by atoms with Gasteiger partial charge in [0.05, 0.1) is 12.5 Å². The molecule has 0 amide bonds. The van der Waals surface area contributed by atoms with Crippen molar-refractivity contribution in [2.24, 2.45) is 11.3 Å². The van der Waals surface area contributed by atoms with Gasteiger partial charge in [-0.05, 0) is 68.2 Å². The second-order valence-electron chi connectivity index (χ2n) is 8.50. The predicted molar refractivity (Wildman–Crippen MR) is 104 cm³/mol. The van der Waals surface area contributed by atoms with Crippen LogP contribution in [0.2, 0.25) is 0 Å². The molecule has 3 rings (SSSR count). The number of aliphatic carboxylic acids is 1. The summed E-state index contributed by atoms with van der Waals surface area (Å²) in [7, 11) is 1.53. The Hall–Kier alpha value is -1.43. The Balaban J connectivity index is 1.57. The molecule has 2 aliphatic rings. The monoisotopic (exact) mass is 375 g/mol. The standard InChI is InChI=1S/C22H33NO4/c1-16(2)22(21(24)25)10-7-20(14-22)23-11-8-18(9-12-23)19-6-4-5-17(13-19)15-27-26-3/h4-6,13,16,18,20H,7-12,14-15H2,1-3H3,(H,24,25)/t20?,22-/m0/s1. The maximum atomic E-state index is 11.9. The fraction of sp³-hybridized carbons (Fsp3) is 0.682. The number of nitrogens with zero attached hydrogens (tertiary/aromatic N) is 1. The number of carboxylic acids is 1. The van der Waals surface area contributed by atoms with E-state index in [9.17, 15) is 9.90 Å². The lowest BCUT2D eigenvalue weighted by Crippen LogP contribution is -2.42. The van der Waals surface area contributed by atoms with Crippen molar-refractivity contribution in [1.82, 2.24) is 4.90 Å². The SMILES string of the molecule is COOCc1cccc(C2CCN(C3CC[C@@](C(=O)O)(C(C)C)C3)CC2)c1. The highest BCUT2D eigenvalue weighted by atomic mass is 17.2. The van der Waals surface area contributed by atoms with Gasteiger partial charge in [0.1, 0.15) is 6.61 Å². The van der Waals surface area contributed by atoms with Crippen LogP contribution in [0.15, 0.2) is 24.3 Å². The third-order valence-corrected chi connectivity index (χ3v) is 6.87. The lowest BCUT2D eigenvalue weighted by Gasteiger charge is -2.37. The Morgan fingerprint density at radius 2 is 2.04 bits per heavy atom. The second kappa shape index (κ2) is 8.72. The van der Waals surface area contributed by atoms with Gasteiger partial charge < -0.3 is 10.0 Å². The van der Waals surface area contributed by atoms with Crippen molar-refractivity contribution < 1.29 is 19.7 Å². The third-order valence-electron chi connectivity index (χ3n) is 6.87. The molecule has 27 heavy (non-hydrogen) atoms. The summed E-state index contributed by atoms with van der Waals surface area (Å²) in [5, 5.41) is 9.79. The Labute approximate surface area is 162 Å². The molecule has 5 nitrogen and oxygen atoms in total. The molecule has 1 saturated heterocycles. The zero-order valence-electron chi connectivity index (χ0n) is 16.8. The van der Waals surface area contributed by atoms with E-state index >= 15 is 0 Å². The van der Waals surface area contributed by atoms with Crippen LogP contribution in [0.3, 0.4) is 0 Å². The molecule has 150 valence electrons. The summed E-state index contributed by atoms with van der Waals surface area (Å²) in [5.41, 5.74) is 1.98. The quantitative estimate of drug-likeness (QED) is 0.571. The highest BCUT2D eigenvalue weighted by Gasteiger charge is 2.49. The first kappa shape index (κ1) is 20.3. The summed E-state index contributed by atoms with van der Waals surface area (Å²) < 4.78 is 0. The molecule has 2 atom stereocenters. The molecule has 0 aromatic heterocycles. The number of likely N-dealkylation sites (tertiary alicyclic amines) is 1. The summed E-state index contributed by atoms with van der Waals surface area (Å²) in [6.45, 7) is 6.70. The molecule has 1 aliphatic heterocycles. The highest BCUT2D eigenvalue weighted by molar-refractivity contribution is 5.75. The molecule has 1 N–H and O–H groups in total. The molecule has 1 saturated carbocycles. The molecule has 1 aromatic rings. The van der Waals surface area contributed by atoms with Crippen LogP contribution in [0.5, 0.6) is 0 Å². The number of carboxylic acid groups (broad SMARTS) is 1. The fourth-order valence-corrected chi connectivity index (χ4v) is 4.99. The molecular weight excluding hydrogens is 342 g/mol. The van der Waals surface area contributed by atoms with E-state index in [4.69, 9.17) is 9.78 Å². The van der Waals surface area contributed by atoms with Gasteiger partial charge in [0.25, 0.3) is 0 Å². The predicted octanol–water partition coefficient (Wildman–Crippen LogP) is 4.22. The smallest absolute Gasteiger partial charge is 0.309 e. The van der Waals surface area contributed by atoms with Crippen LogP contribution in [0, 0.1) is 11.3 Å². The van der Waals surface area contributed by atoms with Crippen LogP contribution >= 0.6 is 0 Å². The number of hydrogen-bond donors (Lipinski definition) is 1. The van der Waals surface area contributed by atoms with Gasteiger partial charge in [0, 0.05) is 6.04 Å². The normalized spacial score (nSPS) is 27.3. The average molecular weight is 376 g/mol. The van der Waals surface area contributed by atoms with Gasteiger partial charge in [-0.25, -0.2) is 9.78 Å². The molecular formula is C22H33NO4. The first-order valence-electron chi connectivity index (χ1n) is 10.2. The summed E-state index contributed by atoms with van der Waals surface area (Å²) in [5.74, 6) is 0.152. The molecule has 1 unspecified atom stereocenters. The molecule has 0 radical (unpaired) electrons. The number of piperidine rings is 1. The molecule has 0 spiro atoms. The van der Waals surface area contributed by atoms with Crippen molar-refractivity contribution in [3.8, 4) is 0 Å². The third kappa shape index (κ3) is 4.36. The minimum atomic E-state index is -0.607. The zero-order valence-corrected chi connectivity index (χ0v) is 16.8. The van der Waals surface area contributed by atoms with Crippen LogP contribution in [-0.4, -0.2) is 42.2 Å². The lowest BCUT2D eigenvalue weighted by atomic mass is 9.75. The maximum Gasteiger partial charge on any atom is 0.309 e. The average Bonchev–Trinajstić information content (AvgIpc) is 3.14. The van der Waals surface area contributed by atoms with Gasteiger partial charge in [-0.2, -0.15) is 0 Å². The number of carbonyl (C=O) groups is 1. The van der Waals surface area contributed by atoms with Gasteiger partial charge in [-0.1, -0.05) is 38.1 Å². The van der Waals surface area contributed by atoms with E-state index < -0.39 is 11.4 Å². The van der Waals surface area contributed by atoms with Crippen molar-refractivity contribution in [3.63, 3.8) is 0 Å². The summed E-state index contributed by atoms with van der Waals surface area (Å²) in [6, 6.07) is 9.01. The minimum absolute atomic E-state index is 0.189. The van der Waals surface area contributed by atoms with Crippen LogP contribution in [0.4, 0.5) is 0 Å². The van der Waals surface area contributed by atoms with E-state index in [2.05, 4.69) is 43.0 Å². The van der Waals surface area contributed by atoms with Crippen LogP contribution < -0.4 is 0 Å². The Morgan fingerprint density at radius 3 is 2.63 bits per heavy atom. The van der Waals surface area contributed by atoms with Gasteiger partial charge in [-0.3, -0.25) is 4.79 Å². The minimum Gasteiger partial charge on any atom is -0.481 e. The second-order valence-corrected chi connectivity index (χ2v) is 8.50. The molecule has 1 aromatic carbocycles. The van der Waals surface area contributed by atoms with Crippen molar-refractivity contribution in [3.05, 3.63) is 35.4 Å². The van der Waals surface area contributed by atoms with Gasteiger partial charge >= 0.3 is 5.97 Å². The van der Waals surface area contributed by atoms with Gasteiger partial charge in [0.2, 0.25) is 0 Å². The molecule has 2 fully saturated rings. The number of hydrogen-bond acceptors (Lipinski definition) is 4. The van der Waals surface area contributed by atoms with E-state index in [0.29, 0.717) is 18.6 Å². The van der Waals surface area contributed by atoms with Gasteiger partial charge in [0.15, 0.2) is 0 Å². The van der Waals surface area contributed by atoms with E-state index in [1.165, 1.54) is 12.7 Å². The van der Waals surface area contributed by atoms with E-state index in [1.807, 2.05) is 0 Å². The van der Waals surface area contributed by atoms with Crippen molar-refractivity contribution >= 4 is 5.97 Å². The molecule has 5 heteroatoms. The summed E-state index contributed by atoms with van der Waals surface area (Å²) >= 11 is 0. The number of benzene rings is 1. The topological polar surface area (TPSA) is 59.0 Å².